The summed E-state index contributed by atoms with van der Waals surface area (Å²) in [6.45, 7) is 0.647. The molecular weight excluding hydrogens is 458 g/mol. The molecule has 0 bridgehead atoms. The zero-order valence-corrected chi connectivity index (χ0v) is 21.5. The molecule has 0 radical (unpaired) electrons. The lowest BCUT2D eigenvalue weighted by Gasteiger charge is -2.12. The molecule has 0 saturated heterocycles. The molecule has 0 amide bonds. The van der Waals surface area contributed by atoms with Gasteiger partial charge in [-0.3, -0.25) is 0 Å². The fourth-order valence-electron chi connectivity index (χ4n) is 4.26. The van der Waals surface area contributed by atoms with Crippen LogP contribution in [-0.4, -0.2) is 47.2 Å². The van der Waals surface area contributed by atoms with Crippen LogP contribution in [0, 0.1) is 0 Å². The fraction of sp³-hybridized carbons (Fsp3) is 0.241. The summed E-state index contributed by atoms with van der Waals surface area (Å²) in [4.78, 5) is 0. The summed E-state index contributed by atoms with van der Waals surface area (Å²) in [5.74, 6) is 4.09. The van der Waals surface area contributed by atoms with Gasteiger partial charge in [0.05, 0.1) is 42.7 Å². The predicted molar refractivity (Wildman–Crippen MR) is 140 cm³/mol. The van der Waals surface area contributed by atoms with Gasteiger partial charge in [-0.25, -0.2) is 0 Å². The van der Waals surface area contributed by atoms with Crippen molar-refractivity contribution in [2.45, 2.75) is 6.54 Å². The van der Waals surface area contributed by atoms with Gasteiger partial charge in [-0.15, -0.1) is 0 Å². The zero-order valence-electron chi connectivity index (χ0n) is 21.5. The molecule has 1 heterocycles. The van der Waals surface area contributed by atoms with Crippen molar-refractivity contribution in [1.82, 2.24) is 4.57 Å². The molecule has 0 N–H and O–H groups in total. The van der Waals surface area contributed by atoms with Crippen molar-refractivity contribution < 1.29 is 28.4 Å². The molecule has 0 spiro atoms. The molecule has 0 aliphatic heterocycles. The minimum absolute atomic E-state index is 0.647. The molecule has 0 fully saturated rings. The van der Waals surface area contributed by atoms with E-state index in [9.17, 15) is 0 Å². The number of hydrogen-bond donors (Lipinski definition) is 0. The summed E-state index contributed by atoms with van der Waals surface area (Å²) in [7, 11) is 9.81. The molecule has 1 aromatic heterocycles. The van der Waals surface area contributed by atoms with Crippen molar-refractivity contribution in [2.75, 3.05) is 42.7 Å². The van der Waals surface area contributed by atoms with E-state index in [1.807, 2.05) is 54.6 Å². The lowest BCUT2D eigenvalue weighted by molar-refractivity contribution is 0.354. The van der Waals surface area contributed by atoms with E-state index >= 15 is 0 Å². The predicted octanol–water partition coefficient (Wildman–Crippen LogP) is 5.92. The maximum absolute atomic E-state index is 5.57. The third-order valence-electron chi connectivity index (χ3n) is 6.08. The molecule has 4 aromatic rings. The molecule has 36 heavy (non-hydrogen) atoms. The summed E-state index contributed by atoms with van der Waals surface area (Å²) >= 11 is 0. The average molecular weight is 490 g/mol. The summed E-state index contributed by atoms with van der Waals surface area (Å²) in [5, 5.41) is 0. The second-order valence-electron chi connectivity index (χ2n) is 8.09. The van der Waals surface area contributed by atoms with Gasteiger partial charge in [-0.05, 0) is 53.1 Å². The van der Waals surface area contributed by atoms with Crippen molar-refractivity contribution in [3.8, 4) is 56.8 Å². The molecule has 7 heteroatoms. The van der Waals surface area contributed by atoms with Crippen molar-refractivity contribution in [3.63, 3.8) is 0 Å². The van der Waals surface area contributed by atoms with Crippen LogP contribution in [0.3, 0.4) is 0 Å². The van der Waals surface area contributed by atoms with E-state index in [1.165, 1.54) is 0 Å². The third kappa shape index (κ3) is 4.91. The van der Waals surface area contributed by atoms with Crippen LogP contribution in [0.15, 0.2) is 67.0 Å². The van der Waals surface area contributed by atoms with Gasteiger partial charge in [0.2, 0.25) is 0 Å². The first kappa shape index (κ1) is 24.9. The van der Waals surface area contributed by atoms with E-state index < -0.39 is 0 Å². The number of methoxy groups -OCH3 is 6. The van der Waals surface area contributed by atoms with Crippen molar-refractivity contribution in [1.29, 1.82) is 0 Å². The number of rotatable bonds is 10. The fourth-order valence-corrected chi connectivity index (χ4v) is 4.26. The Morgan fingerprint density at radius 1 is 0.472 bits per heavy atom. The minimum Gasteiger partial charge on any atom is -0.493 e. The molecule has 0 atom stereocenters. The highest BCUT2D eigenvalue weighted by Gasteiger charge is 2.16. The first-order valence-electron chi connectivity index (χ1n) is 11.4. The van der Waals surface area contributed by atoms with E-state index in [2.05, 4.69) is 17.0 Å². The van der Waals surface area contributed by atoms with Crippen LogP contribution in [0.1, 0.15) is 5.56 Å². The van der Waals surface area contributed by atoms with Crippen LogP contribution in [0.4, 0.5) is 0 Å². The van der Waals surface area contributed by atoms with Crippen LogP contribution in [-0.2, 0) is 6.54 Å². The molecule has 7 nitrogen and oxygen atoms in total. The van der Waals surface area contributed by atoms with E-state index in [0.717, 1.165) is 27.8 Å². The second-order valence-corrected chi connectivity index (χ2v) is 8.09. The monoisotopic (exact) mass is 489 g/mol. The molecule has 0 aliphatic rings. The van der Waals surface area contributed by atoms with Crippen LogP contribution in [0.25, 0.3) is 22.3 Å². The molecule has 0 unspecified atom stereocenters. The number of benzene rings is 3. The van der Waals surface area contributed by atoms with Crippen molar-refractivity contribution >= 4 is 0 Å². The first-order valence-corrected chi connectivity index (χ1v) is 11.4. The third-order valence-corrected chi connectivity index (χ3v) is 6.08. The Labute approximate surface area is 211 Å². The van der Waals surface area contributed by atoms with Gasteiger partial charge in [0, 0.05) is 30.1 Å². The van der Waals surface area contributed by atoms with Crippen LogP contribution in [0.5, 0.6) is 34.5 Å². The van der Waals surface area contributed by atoms with Gasteiger partial charge in [-0.1, -0.05) is 18.2 Å². The van der Waals surface area contributed by atoms with Gasteiger partial charge in [0.25, 0.3) is 0 Å². The van der Waals surface area contributed by atoms with Gasteiger partial charge in [-0.2, -0.15) is 0 Å². The lowest BCUT2D eigenvalue weighted by Crippen LogP contribution is -1.98. The molecular formula is C29H31NO6. The van der Waals surface area contributed by atoms with E-state index in [1.54, 1.807) is 42.7 Å². The first-order chi connectivity index (χ1) is 17.5. The molecule has 188 valence electrons. The maximum Gasteiger partial charge on any atom is 0.161 e. The Morgan fingerprint density at radius 2 is 0.861 bits per heavy atom. The van der Waals surface area contributed by atoms with Gasteiger partial charge in [0.1, 0.15) is 0 Å². The molecule has 4 rings (SSSR count). The summed E-state index contributed by atoms with van der Waals surface area (Å²) in [6, 6.07) is 17.8. The highest BCUT2D eigenvalue weighted by Crippen LogP contribution is 2.40. The Hall–Kier alpha value is -4.26. The van der Waals surface area contributed by atoms with Gasteiger partial charge in [0.15, 0.2) is 34.5 Å². The summed E-state index contributed by atoms with van der Waals surface area (Å²) in [5.41, 5.74) is 5.18. The Morgan fingerprint density at radius 3 is 1.28 bits per heavy atom. The van der Waals surface area contributed by atoms with Crippen molar-refractivity contribution in [3.05, 3.63) is 72.6 Å². The van der Waals surface area contributed by atoms with Crippen molar-refractivity contribution in [2.24, 2.45) is 0 Å². The van der Waals surface area contributed by atoms with E-state index in [0.29, 0.717) is 41.0 Å². The van der Waals surface area contributed by atoms with E-state index in [-0.39, 0.29) is 0 Å². The number of hydrogen-bond acceptors (Lipinski definition) is 6. The maximum atomic E-state index is 5.57. The Balaban J connectivity index is 1.82. The smallest absolute Gasteiger partial charge is 0.161 e. The molecule has 0 aliphatic carbocycles. The second kappa shape index (κ2) is 11.0. The summed E-state index contributed by atoms with van der Waals surface area (Å²) < 4.78 is 35.0. The standard InChI is InChI=1S/C29H31NO6/c1-31-24-10-7-19(13-27(24)34-4)16-30-17-22(20-8-11-25(32-2)28(14-20)35-5)23(18-30)21-9-12-26(33-3)29(15-21)36-6/h7-15,17-18H,16H2,1-6H3. The number of nitrogens with zero attached hydrogens (tertiary/aromatic N) is 1. The number of ether oxygens (including phenoxy) is 6. The van der Waals surface area contributed by atoms with Gasteiger partial charge < -0.3 is 33.0 Å². The summed E-state index contributed by atoms with van der Waals surface area (Å²) in [6.07, 6.45) is 4.26. The molecule has 0 saturated carbocycles. The number of aromatic nitrogens is 1. The normalized spacial score (nSPS) is 10.6. The molecule has 3 aromatic carbocycles. The van der Waals surface area contributed by atoms with Crippen LogP contribution >= 0.6 is 0 Å². The van der Waals surface area contributed by atoms with Crippen LogP contribution < -0.4 is 28.4 Å². The lowest BCUT2D eigenvalue weighted by atomic mass is 9.98. The Bertz CT molecular complexity index is 1270. The van der Waals surface area contributed by atoms with E-state index in [4.69, 9.17) is 28.4 Å². The van der Waals surface area contributed by atoms with Crippen LogP contribution in [0.2, 0.25) is 0 Å². The highest BCUT2D eigenvalue weighted by atomic mass is 16.5. The SMILES string of the molecule is COc1ccc(Cn2cc(-c3ccc(OC)c(OC)c3)c(-c3ccc(OC)c(OC)c3)c2)cc1OC. The van der Waals surface area contributed by atoms with Gasteiger partial charge >= 0.3 is 0 Å². The minimum atomic E-state index is 0.647. The Kier molecular flexibility index (Phi) is 7.59. The topological polar surface area (TPSA) is 60.3 Å². The largest absolute Gasteiger partial charge is 0.493 e. The highest BCUT2D eigenvalue weighted by molar-refractivity contribution is 5.85. The zero-order chi connectivity index (χ0) is 25.7. The average Bonchev–Trinajstić information content (AvgIpc) is 3.35. The quantitative estimate of drug-likeness (QED) is 0.276.